The van der Waals surface area contributed by atoms with Gasteiger partial charge in [0.1, 0.15) is 0 Å². The second kappa shape index (κ2) is 7.10. The molecule has 1 heterocycles. The van der Waals surface area contributed by atoms with Crippen LogP contribution in [0.25, 0.3) is 0 Å². The summed E-state index contributed by atoms with van der Waals surface area (Å²) in [6.45, 7) is 13.4. The van der Waals surface area contributed by atoms with E-state index in [0.29, 0.717) is 12.0 Å². The molecule has 1 fully saturated rings. The molecule has 1 aliphatic rings. The minimum absolute atomic E-state index is 0.519. The first-order valence-electron chi connectivity index (χ1n) is 8.36. The highest BCUT2D eigenvalue weighted by Crippen LogP contribution is 2.40. The number of nitrogens with zero attached hydrogens (tertiary/aromatic N) is 2. The van der Waals surface area contributed by atoms with Crippen LogP contribution in [0.1, 0.15) is 63.9 Å². The number of aromatic nitrogens is 1. The van der Waals surface area contributed by atoms with Crippen molar-refractivity contribution in [2.24, 2.45) is 11.8 Å². The van der Waals surface area contributed by atoms with Crippen molar-refractivity contribution in [1.29, 1.82) is 0 Å². The Balaban J connectivity index is 2.10. The average molecular weight is 310 g/mol. The maximum absolute atomic E-state index is 4.97. The van der Waals surface area contributed by atoms with E-state index in [-0.39, 0.29) is 0 Å². The third-order valence-corrected chi connectivity index (χ3v) is 5.76. The lowest BCUT2D eigenvalue weighted by molar-refractivity contribution is 0.584. The van der Waals surface area contributed by atoms with Crippen LogP contribution in [0.5, 0.6) is 0 Å². The van der Waals surface area contributed by atoms with Gasteiger partial charge in [-0.1, -0.05) is 34.6 Å². The summed E-state index contributed by atoms with van der Waals surface area (Å²) in [4.78, 5) is 8.75. The highest BCUT2D eigenvalue weighted by atomic mass is 32.1. The Bertz CT molecular complexity index is 455. The number of rotatable bonds is 8. The summed E-state index contributed by atoms with van der Waals surface area (Å²) in [5.74, 6) is 2.33. The Hall–Kier alpha value is -0.610. The smallest absolute Gasteiger partial charge is 0.185 e. The molecule has 2 rings (SSSR count). The second-order valence-corrected chi connectivity index (χ2v) is 8.07. The highest BCUT2D eigenvalue weighted by molar-refractivity contribution is 7.15. The van der Waals surface area contributed by atoms with Gasteiger partial charge in [-0.2, -0.15) is 0 Å². The summed E-state index contributed by atoms with van der Waals surface area (Å²) in [7, 11) is 2.20. The van der Waals surface area contributed by atoms with E-state index in [1.807, 2.05) is 11.3 Å². The minimum Gasteiger partial charge on any atom is -0.351 e. The van der Waals surface area contributed by atoms with Crippen LogP contribution in [0.15, 0.2) is 0 Å². The first-order chi connectivity index (χ1) is 9.92. The van der Waals surface area contributed by atoms with Crippen molar-refractivity contribution >= 4 is 16.5 Å². The van der Waals surface area contributed by atoms with E-state index in [9.17, 15) is 0 Å². The van der Waals surface area contributed by atoms with E-state index in [1.165, 1.54) is 22.1 Å². The van der Waals surface area contributed by atoms with Crippen molar-refractivity contribution < 1.29 is 0 Å². The van der Waals surface area contributed by atoms with Crippen LogP contribution >= 0.6 is 11.3 Å². The zero-order valence-corrected chi connectivity index (χ0v) is 15.3. The SMILES string of the molecule is CCC(C)c1nc(N(C)CC2CC2C)sc1CNC(C)C. The first-order valence-corrected chi connectivity index (χ1v) is 9.18. The molecule has 0 bridgehead atoms. The lowest BCUT2D eigenvalue weighted by atomic mass is 10.0. The van der Waals surface area contributed by atoms with Crippen molar-refractivity contribution in [3.8, 4) is 0 Å². The molecule has 3 unspecified atom stereocenters. The molecule has 3 atom stereocenters. The molecular weight excluding hydrogens is 278 g/mol. The van der Waals surface area contributed by atoms with E-state index in [0.717, 1.165) is 31.3 Å². The predicted octanol–water partition coefficient (Wildman–Crippen LogP) is 4.25. The molecule has 1 aromatic rings. The van der Waals surface area contributed by atoms with Gasteiger partial charge in [-0.05, 0) is 30.6 Å². The maximum Gasteiger partial charge on any atom is 0.185 e. The Morgan fingerprint density at radius 1 is 1.38 bits per heavy atom. The molecule has 4 heteroatoms. The van der Waals surface area contributed by atoms with E-state index in [4.69, 9.17) is 4.98 Å². The topological polar surface area (TPSA) is 28.2 Å². The molecule has 0 amide bonds. The zero-order chi connectivity index (χ0) is 15.6. The van der Waals surface area contributed by atoms with Crippen molar-refractivity contribution in [3.05, 3.63) is 10.6 Å². The molecule has 3 nitrogen and oxygen atoms in total. The second-order valence-electron chi connectivity index (χ2n) is 7.00. The molecule has 0 aliphatic heterocycles. The molecule has 1 N–H and O–H groups in total. The first kappa shape index (κ1) is 16.8. The van der Waals surface area contributed by atoms with Crippen LogP contribution in [0.4, 0.5) is 5.13 Å². The van der Waals surface area contributed by atoms with E-state index >= 15 is 0 Å². The summed E-state index contributed by atoms with van der Waals surface area (Å²) in [6.07, 6.45) is 2.54. The largest absolute Gasteiger partial charge is 0.351 e. The van der Waals surface area contributed by atoms with Crippen molar-refractivity contribution in [1.82, 2.24) is 10.3 Å². The molecule has 1 saturated carbocycles. The normalized spacial score (nSPS) is 22.6. The molecule has 1 aliphatic carbocycles. The Labute approximate surface area is 134 Å². The third-order valence-electron chi connectivity index (χ3n) is 4.58. The zero-order valence-electron chi connectivity index (χ0n) is 14.4. The quantitative estimate of drug-likeness (QED) is 0.778. The lowest BCUT2D eigenvalue weighted by Gasteiger charge is -2.15. The van der Waals surface area contributed by atoms with Gasteiger partial charge >= 0.3 is 0 Å². The van der Waals surface area contributed by atoms with E-state index < -0.39 is 0 Å². The minimum atomic E-state index is 0.519. The summed E-state index contributed by atoms with van der Waals surface area (Å²) >= 11 is 1.88. The number of hydrogen-bond acceptors (Lipinski definition) is 4. The number of anilines is 1. The van der Waals surface area contributed by atoms with Gasteiger partial charge in [0.2, 0.25) is 0 Å². The molecule has 0 radical (unpaired) electrons. The molecule has 21 heavy (non-hydrogen) atoms. The Morgan fingerprint density at radius 3 is 2.57 bits per heavy atom. The number of hydrogen-bond donors (Lipinski definition) is 1. The van der Waals surface area contributed by atoms with Crippen LogP contribution in [0, 0.1) is 11.8 Å². The predicted molar refractivity (Wildman–Crippen MR) is 93.3 cm³/mol. The molecular formula is C17H31N3S. The van der Waals surface area contributed by atoms with Gasteiger partial charge in [0.25, 0.3) is 0 Å². The van der Waals surface area contributed by atoms with Crippen LogP contribution in [0.3, 0.4) is 0 Å². The van der Waals surface area contributed by atoms with Gasteiger partial charge in [0.05, 0.1) is 5.69 Å². The van der Waals surface area contributed by atoms with E-state index in [1.54, 1.807) is 0 Å². The van der Waals surface area contributed by atoms with Gasteiger partial charge in [0, 0.05) is 31.1 Å². The van der Waals surface area contributed by atoms with Gasteiger partial charge in [-0.3, -0.25) is 0 Å². The van der Waals surface area contributed by atoms with Gasteiger partial charge in [0.15, 0.2) is 5.13 Å². The fraction of sp³-hybridized carbons (Fsp3) is 0.824. The molecule has 0 spiro atoms. The fourth-order valence-corrected chi connectivity index (χ4v) is 3.70. The molecule has 0 saturated heterocycles. The summed E-state index contributed by atoms with van der Waals surface area (Å²) in [5.41, 5.74) is 1.31. The summed E-state index contributed by atoms with van der Waals surface area (Å²) in [5, 5.41) is 4.74. The van der Waals surface area contributed by atoms with Crippen LogP contribution < -0.4 is 10.2 Å². The van der Waals surface area contributed by atoms with Crippen molar-refractivity contribution in [2.45, 2.75) is 66.0 Å². The summed E-state index contributed by atoms with van der Waals surface area (Å²) in [6, 6.07) is 0.519. The highest BCUT2D eigenvalue weighted by Gasteiger charge is 2.34. The number of nitrogens with one attached hydrogen (secondary N) is 1. The summed E-state index contributed by atoms with van der Waals surface area (Å²) < 4.78 is 0. The number of thiazole rings is 1. The maximum atomic E-state index is 4.97. The van der Waals surface area contributed by atoms with Crippen LogP contribution in [-0.2, 0) is 6.54 Å². The average Bonchev–Trinajstić information content (AvgIpc) is 2.97. The van der Waals surface area contributed by atoms with Crippen molar-refractivity contribution in [3.63, 3.8) is 0 Å². The van der Waals surface area contributed by atoms with Gasteiger partial charge in [-0.15, -0.1) is 11.3 Å². The van der Waals surface area contributed by atoms with Crippen molar-refractivity contribution in [2.75, 3.05) is 18.5 Å². The Morgan fingerprint density at radius 2 is 2.05 bits per heavy atom. The van der Waals surface area contributed by atoms with Crippen LogP contribution in [0.2, 0.25) is 0 Å². The molecule has 0 aromatic carbocycles. The standard InChI is InChI=1S/C17H31N3S/c1-7-12(4)16-15(9-18-11(2)3)21-17(19-16)20(6)10-14-8-13(14)5/h11-14,18H,7-10H2,1-6H3. The molecule has 120 valence electrons. The third kappa shape index (κ3) is 4.43. The van der Waals surface area contributed by atoms with E-state index in [2.05, 4.69) is 51.9 Å². The molecule has 1 aromatic heterocycles. The fourth-order valence-electron chi connectivity index (χ4n) is 2.60. The van der Waals surface area contributed by atoms with Crippen LogP contribution in [-0.4, -0.2) is 24.6 Å². The Kier molecular flexibility index (Phi) is 5.67. The lowest BCUT2D eigenvalue weighted by Crippen LogP contribution is -2.22. The monoisotopic (exact) mass is 309 g/mol. The van der Waals surface area contributed by atoms with Gasteiger partial charge < -0.3 is 10.2 Å². The van der Waals surface area contributed by atoms with Gasteiger partial charge in [-0.25, -0.2) is 4.98 Å².